The zero-order chi connectivity index (χ0) is 14.3. The smallest absolute Gasteiger partial charge is 0.263 e. The molecule has 108 valence electrons. The predicted octanol–water partition coefficient (Wildman–Crippen LogP) is 1.41. The highest BCUT2D eigenvalue weighted by atomic mass is 32.1. The summed E-state index contributed by atoms with van der Waals surface area (Å²) in [7, 11) is 1.67. The van der Waals surface area contributed by atoms with Crippen LogP contribution in [-0.4, -0.2) is 44.2 Å². The van der Waals surface area contributed by atoms with Crippen molar-refractivity contribution in [3.05, 3.63) is 16.1 Å². The molecule has 0 unspecified atom stereocenters. The molecule has 5 nitrogen and oxygen atoms in total. The van der Waals surface area contributed by atoms with Crippen molar-refractivity contribution >= 4 is 17.2 Å². The number of aromatic nitrogens is 1. The Morgan fingerprint density at radius 1 is 1.37 bits per heavy atom. The molecule has 19 heavy (non-hydrogen) atoms. The van der Waals surface area contributed by atoms with E-state index < -0.39 is 0 Å². The molecule has 1 aromatic heterocycles. The lowest BCUT2D eigenvalue weighted by Gasteiger charge is -2.13. The second-order valence-electron chi connectivity index (χ2n) is 5.28. The van der Waals surface area contributed by atoms with Crippen LogP contribution in [0.2, 0.25) is 0 Å². The molecule has 0 saturated heterocycles. The molecule has 0 spiro atoms. The maximum absolute atomic E-state index is 11.9. The maximum Gasteiger partial charge on any atom is 0.263 e. The Labute approximate surface area is 118 Å². The summed E-state index contributed by atoms with van der Waals surface area (Å²) in [6, 6.07) is 0. The van der Waals surface area contributed by atoms with Crippen molar-refractivity contribution in [3.8, 4) is 0 Å². The van der Waals surface area contributed by atoms with Crippen LogP contribution in [0.25, 0.3) is 0 Å². The monoisotopic (exact) mass is 285 g/mol. The molecule has 6 heteroatoms. The topological polar surface area (TPSA) is 63.2 Å². The van der Waals surface area contributed by atoms with E-state index in [1.54, 1.807) is 13.3 Å². The fraction of sp³-hybridized carbons (Fsp3) is 0.692. The standard InChI is InChI=1S/C13H23N3O2S/c1-13(2,3)12-16-9-10(19-12)11(17)15-6-5-14-7-8-18-4/h9,14H,5-8H2,1-4H3,(H,15,17). The summed E-state index contributed by atoms with van der Waals surface area (Å²) in [6.45, 7) is 9.08. The van der Waals surface area contributed by atoms with E-state index in [2.05, 4.69) is 36.4 Å². The van der Waals surface area contributed by atoms with Crippen LogP contribution in [0, 0.1) is 0 Å². The number of hydrogen-bond donors (Lipinski definition) is 2. The average Bonchev–Trinajstić information content (AvgIpc) is 2.82. The summed E-state index contributed by atoms with van der Waals surface area (Å²) in [6.07, 6.45) is 1.65. The average molecular weight is 285 g/mol. The van der Waals surface area contributed by atoms with Crippen molar-refractivity contribution in [2.45, 2.75) is 26.2 Å². The normalized spacial score (nSPS) is 11.6. The molecule has 1 heterocycles. The largest absolute Gasteiger partial charge is 0.383 e. The molecule has 0 aliphatic carbocycles. The number of rotatable bonds is 7. The molecule has 0 aromatic carbocycles. The second kappa shape index (κ2) is 7.57. The van der Waals surface area contributed by atoms with Crippen LogP contribution in [0.3, 0.4) is 0 Å². The number of nitrogens with one attached hydrogen (secondary N) is 2. The first-order valence-corrected chi connectivity index (χ1v) is 7.21. The Bertz CT molecular complexity index is 399. The molecule has 0 radical (unpaired) electrons. The number of carbonyl (C=O) groups excluding carboxylic acids is 1. The third-order valence-electron chi connectivity index (χ3n) is 2.44. The number of hydrogen-bond acceptors (Lipinski definition) is 5. The molecular weight excluding hydrogens is 262 g/mol. The van der Waals surface area contributed by atoms with E-state index >= 15 is 0 Å². The van der Waals surface area contributed by atoms with Crippen LogP contribution in [0.4, 0.5) is 0 Å². The van der Waals surface area contributed by atoms with Gasteiger partial charge in [0, 0.05) is 32.2 Å². The van der Waals surface area contributed by atoms with E-state index in [1.807, 2.05) is 0 Å². The molecule has 1 aromatic rings. The van der Waals surface area contributed by atoms with Gasteiger partial charge >= 0.3 is 0 Å². The summed E-state index contributed by atoms with van der Waals surface area (Å²) in [5, 5.41) is 7.02. The minimum atomic E-state index is -0.0541. The quantitative estimate of drug-likeness (QED) is 0.744. The van der Waals surface area contributed by atoms with Gasteiger partial charge in [-0.25, -0.2) is 4.98 Å². The highest BCUT2D eigenvalue weighted by molar-refractivity contribution is 7.13. The van der Waals surface area contributed by atoms with Gasteiger partial charge in [-0.3, -0.25) is 4.79 Å². The minimum Gasteiger partial charge on any atom is -0.383 e. The second-order valence-corrected chi connectivity index (χ2v) is 6.31. The van der Waals surface area contributed by atoms with Crippen molar-refractivity contribution in [1.29, 1.82) is 0 Å². The summed E-state index contributed by atoms with van der Waals surface area (Å²) in [5.41, 5.74) is -0.00902. The molecule has 0 aliphatic rings. The third-order valence-corrected chi connectivity index (χ3v) is 3.86. The van der Waals surface area contributed by atoms with Gasteiger partial charge in [0.1, 0.15) is 4.88 Å². The summed E-state index contributed by atoms with van der Waals surface area (Å²) in [4.78, 5) is 16.9. The number of methoxy groups -OCH3 is 1. The lowest BCUT2D eigenvalue weighted by molar-refractivity contribution is 0.0957. The van der Waals surface area contributed by atoms with Gasteiger partial charge in [0.15, 0.2) is 0 Å². The molecule has 0 bridgehead atoms. The molecule has 0 aliphatic heterocycles. The van der Waals surface area contributed by atoms with Gasteiger partial charge < -0.3 is 15.4 Å². The number of carbonyl (C=O) groups is 1. The highest BCUT2D eigenvalue weighted by Gasteiger charge is 2.20. The van der Waals surface area contributed by atoms with Crippen molar-refractivity contribution < 1.29 is 9.53 Å². The van der Waals surface area contributed by atoms with Crippen molar-refractivity contribution in [2.75, 3.05) is 33.4 Å². The Kier molecular flexibility index (Phi) is 6.41. The molecule has 0 saturated carbocycles. The van der Waals surface area contributed by atoms with E-state index in [9.17, 15) is 4.79 Å². The molecule has 0 fully saturated rings. The van der Waals surface area contributed by atoms with Crippen molar-refractivity contribution in [2.24, 2.45) is 0 Å². The van der Waals surface area contributed by atoms with Gasteiger partial charge in [0.05, 0.1) is 17.8 Å². The van der Waals surface area contributed by atoms with E-state index in [1.165, 1.54) is 11.3 Å². The van der Waals surface area contributed by atoms with Crippen molar-refractivity contribution in [1.82, 2.24) is 15.6 Å². The van der Waals surface area contributed by atoms with Crippen LogP contribution in [0.5, 0.6) is 0 Å². The van der Waals surface area contributed by atoms with Crippen LogP contribution < -0.4 is 10.6 Å². The lowest BCUT2D eigenvalue weighted by atomic mass is 9.98. The summed E-state index contributed by atoms with van der Waals surface area (Å²) >= 11 is 1.46. The number of nitrogens with zero attached hydrogens (tertiary/aromatic N) is 1. The first-order chi connectivity index (χ1) is 8.95. The van der Waals surface area contributed by atoms with Gasteiger partial charge in [-0.05, 0) is 0 Å². The number of ether oxygens (including phenoxy) is 1. The fourth-order valence-corrected chi connectivity index (χ4v) is 2.27. The Morgan fingerprint density at radius 2 is 2.11 bits per heavy atom. The third kappa shape index (κ3) is 5.67. The van der Waals surface area contributed by atoms with E-state index in [4.69, 9.17) is 4.74 Å². The zero-order valence-corrected chi connectivity index (χ0v) is 12.9. The van der Waals surface area contributed by atoms with Crippen LogP contribution in [-0.2, 0) is 10.2 Å². The van der Waals surface area contributed by atoms with Crippen LogP contribution in [0.15, 0.2) is 6.20 Å². The SMILES string of the molecule is COCCNCCNC(=O)c1cnc(C(C)(C)C)s1. The summed E-state index contributed by atoms with van der Waals surface area (Å²) in [5.74, 6) is -0.0541. The van der Waals surface area contributed by atoms with E-state index in [0.717, 1.165) is 18.1 Å². The molecule has 1 amide bonds. The Balaban J connectivity index is 2.32. The lowest BCUT2D eigenvalue weighted by Crippen LogP contribution is -2.32. The van der Waals surface area contributed by atoms with Gasteiger partial charge in [0.2, 0.25) is 0 Å². The van der Waals surface area contributed by atoms with Gasteiger partial charge in [-0.15, -0.1) is 11.3 Å². The number of thiazole rings is 1. The zero-order valence-electron chi connectivity index (χ0n) is 12.1. The predicted molar refractivity (Wildman–Crippen MR) is 77.9 cm³/mol. The molecular formula is C13H23N3O2S. The molecule has 1 rings (SSSR count). The Morgan fingerprint density at radius 3 is 2.68 bits per heavy atom. The Hall–Kier alpha value is -0.980. The number of amides is 1. The molecule has 2 N–H and O–H groups in total. The van der Waals surface area contributed by atoms with E-state index in [-0.39, 0.29) is 11.3 Å². The maximum atomic E-state index is 11.9. The van der Waals surface area contributed by atoms with Crippen LogP contribution >= 0.6 is 11.3 Å². The summed E-state index contributed by atoms with van der Waals surface area (Å²) < 4.78 is 4.92. The highest BCUT2D eigenvalue weighted by Crippen LogP contribution is 2.26. The minimum absolute atomic E-state index is 0.00902. The van der Waals surface area contributed by atoms with E-state index in [0.29, 0.717) is 18.0 Å². The molecule has 0 atom stereocenters. The fourth-order valence-electron chi connectivity index (χ4n) is 1.38. The van der Waals surface area contributed by atoms with Crippen LogP contribution in [0.1, 0.15) is 35.5 Å². The van der Waals surface area contributed by atoms with Gasteiger partial charge in [-0.1, -0.05) is 20.8 Å². The van der Waals surface area contributed by atoms with Gasteiger partial charge in [-0.2, -0.15) is 0 Å². The van der Waals surface area contributed by atoms with Crippen molar-refractivity contribution in [3.63, 3.8) is 0 Å². The first-order valence-electron chi connectivity index (χ1n) is 6.39. The first kappa shape index (κ1) is 16.1. The van der Waals surface area contributed by atoms with Gasteiger partial charge in [0.25, 0.3) is 5.91 Å².